The van der Waals surface area contributed by atoms with Crippen molar-refractivity contribution in [2.75, 3.05) is 6.61 Å². The number of nitrogens with zero attached hydrogens (tertiary/aromatic N) is 3. The lowest BCUT2D eigenvalue weighted by Crippen LogP contribution is -2.14. The van der Waals surface area contributed by atoms with Crippen LogP contribution in [-0.2, 0) is 0 Å². The van der Waals surface area contributed by atoms with Crippen LogP contribution in [-0.4, -0.2) is 26.9 Å². The molecule has 7 nitrogen and oxygen atoms in total. The number of hydrogen-bond donors (Lipinski definition) is 0. The smallest absolute Gasteiger partial charge is 0.406 e. The molecule has 0 atom stereocenters. The Labute approximate surface area is 160 Å². The zero-order chi connectivity index (χ0) is 20.4. The molecule has 0 fully saturated rings. The van der Waals surface area contributed by atoms with Gasteiger partial charge in [0.15, 0.2) is 6.61 Å². The highest BCUT2D eigenvalue weighted by Crippen LogP contribution is 2.26. The first-order chi connectivity index (χ1) is 13.3. The van der Waals surface area contributed by atoms with Crippen molar-refractivity contribution < 1.29 is 18.8 Å². The van der Waals surface area contributed by atoms with Gasteiger partial charge in [0, 0.05) is 29.6 Å². The van der Waals surface area contributed by atoms with E-state index in [0.717, 1.165) is 11.4 Å². The van der Waals surface area contributed by atoms with Crippen molar-refractivity contribution in [1.29, 1.82) is 0 Å². The molecule has 8 heteroatoms. The molecule has 0 N–H and O–H groups in total. The van der Waals surface area contributed by atoms with E-state index < -0.39 is 10.7 Å². The molecule has 0 radical (unpaired) electrons. The summed E-state index contributed by atoms with van der Waals surface area (Å²) < 4.78 is 20.4. The maximum absolute atomic E-state index is 13.2. The first kappa shape index (κ1) is 19.2. The number of aromatic nitrogens is 2. The number of Topliss-reactive ketones (excluding diaryl/α,β-unsaturated/α-hetero) is 1. The first-order valence-corrected chi connectivity index (χ1v) is 8.51. The van der Waals surface area contributed by atoms with Gasteiger partial charge in [-0.25, -0.2) is 4.39 Å². The Morgan fingerprint density at radius 2 is 1.86 bits per heavy atom. The second-order valence-corrected chi connectivity index (χ2v) is 6.34. The highest BCUT2D eigenvalue weighted by Gasteiger charge is 2.21. The van der Waals surface area contributed by atoms with Crippen LogP contribution in [0.1, 0.15) is 27.4 Å². The van der Waals surface area contributed by atoms with Gasteiger partial charge < -0.3 is 19.4 Å². The molecule has 1 aromatic carbocycles. The van der Waals surface area contributed by atoms with E-state index in [0.29, 0.717) is 17.0 Å². The number of ketones is 1. The van der Waals surface area contributed by atoms with Crippen LogP contribution >= 0.6 is 0 Å². The van der Waals surface area contributed by atoms with Gasteiger partial charge >= 0.3 is 5.82 Å². The summed E-state index contributed by atoms with van der Waals surface area (Å²) in [6, 6.07) is 10.7. The maximum atomic E-state index is 13.2. The van der Waals surface area contributed by atoms with E-state index in [1.54, 1.807) is 38.1 Å². The minimum absolute atomic E-state index is 0.0590. The third-order valence-electron chi connectivity index (χ3n) is 4.33. The van der Waals surface area contributed by atoms with E-state index >= 15 is 0 Å². The third kappa shape index (κ3) is 3.75. The molecule has 144 valence electrons. The van der Waals surface area contributed by atoms with Gasteiger partial charge in [0.1, 0.15) is 11.5 Å². The number of carbonyl (C=O) groups is 1. The predicted molar refractivity (Wildman–Crippen MR) is 101 cm³/mol. The second-order valence-electron chi connectivity index (χ2n) is 6.34. The van der Waals surface area contributed by atoms with E-state index in [4.69, 9.17) is 4.74 Å². The largest absolute Gasteiger partial charge is 0.477 e. The number of nitro groups is 1. The van der Waals surface area contributed by atoms with Crippen LogP contribution in [0.5, 0.6) is 5.75 Å². The van der Waals surface area contributed by atoms with Crippen LogP contribution in [0.3, 0.4) is 0 Å². The van der Waals surface area contributed by atoms with Gasteiger partial charge in [0.05, 0.1) is 0 Å². The molecule has 0 amide bonds. The van der Waals surface area contributed by atoms with E-state index in [1.807, 2.05) is 11.5 Å². The molecule has 2 aromatic heterocycles. The summed E-state index contributed by atoms with van der Waals surface area (Å²) in [7, 11) is 0. The fourth-order valence-corrected chi connectivity index (χ4v) is 3.03. The number of benzene rings is 1. The Balaban J connectivity index is 1.84. The lowest BCUT2D eigenvalue weighted by molar-refractivity contribution is -0.390. The summed E-state index contributed by atoms with van der Waals surface area (Å²) in [5.41, 5.74) is 3.12. The van der Waals surface area contributed by atoms with Crippen LogP contribution in [0.4, 0.5) is 10.2 Å². The molecule has 0 bridgehead atoms. The minimum atomic E-state index is -0.646. The molecule has 0 aliphatic carbocycles. The molecule has 3 aromatic rings. The number of pyridine rings is 1. The highest BCUT2D eigenvalue weighted by molar-refractivity contribution is 5.98. The SMILES string of the molecule is Cc1ccc(OCC(=O)c2cc(C)n(-c3ccc(F)cc3)c2C)c([N+](=O)[O-])n1. The summed E-state index contributed by atoms with van der Waals surface area (Å²) in [6.07, 6.45) is 0. The molecule has 0 aliphatic rings. The third-order valence-corrected chi connectivity index (χ3v) is 4.33. The zero-order valence-electron chi connectivity index (χ0n) is 15.6. The maximum Gasteiger partial charge on any atom is 0.406 e. The van der Waals surface area contributed by atoms with Gasteiger partial charge in [0.25, 0.3) is 0 Å². The van der Waals surface area contributed by atoms with Crippen molar-refractivity contribution in [2.45, 2.75) is 20.8 Å². The average Bonchev–Trinajstić information content (AvgIpc) is 2.95. The number of hydrogen-bond acceptors (Lipinski definition) is 5. The summed E-state index contributed by atoms with van der Waals surface area (Å²) in [4.78, 5) is 27.0. The second kappa shape index (κ2) is 7.59. The summed E-state index contributed by atoms with van der Waals surface area (Å²) >= 11 is 0. The Bertz CT molecular complexity index is 1060. The van der Waals surface area contributed by atoms with Crippen LogP contribution < -0.4 is 4.74 Å². The molecule has 0 saturated heterocycles. The van der Waals surface area contributed by atoms with Gasteiger partial charge in [-0.1, -0.05) is 0 Å². The van der Waals surface area contributed by atoms with Crippen LogP contribution in [0, 0.1) is 36.7 Å². The molecule has 0 spiro atoms. The number of halogens is 1. The Hall–Kier alpha value is -3.55. The van der Waals surface area contributed by atoms with Gasteiger partial charge in [-0.05, 0) is 66.2 Å². The van der Waals surface area contributed by atoms with E-state index in [1.165, 1.54) is 18.2 Å². The summed E-state index contributed by atoms with van der Waals surface area (Å²) in [5, 5.41) is 11.1. The molecular weight excluding hydrogens is 365 g/mol. The van der Waals surface area contributed by atoms with E-state index in [-0.39, 0.29) is 24.0 Å². The quantitative estimate of drug-likeness (QED) is 0.363. The standard InChI is InChI=1S/C20H18FN3O4/c1-12-4-9-19(20(22-12)24(26)27)28-11-18(25)17-10-13(2)23(14(17)3)16-7-5-15(21)6-8-16/h4-10H,11H2,1-3H3. The van der Waals surface area contributed by atoms with Crippen molar-refractivity contribution in [3.63, 3.8) is 0 Å². The summed E-state index contributed by atoms with van der Waals surface area (Å²) in [5.74, 6) is -1.15. The Morgan fingerprint density at radius 1 is 1.18 bits per heavy atom. The average molecular weight is 383 g/mol. The van der Waals surface area contributed by atoms with Crippen LogP contribution in [0.2, 0.25) is 0 Å². The fraction of sp³-hybridized carbons (Fsp3) is 0.200. The molecule has 28 heavy (non-hydrogen) atoms. The Kier molecular flexibility index (Phi) is 5.21. The molecule has 0 saturated carbocycles. The van der Waals surface area contributed by atoms with Crippen molar-refractivity contribution in [3.8, 4) is 11.4 Å². The normalized spacial score (nSPS) is 10.7. The molecule has 0 unspecified atom stereocenters. The monoisotopic (exact) mass is 383 g/mol. The first-order valence-electron chi connectivity index (χ1n) is 8.51. The van der Waals surface area contributed by atoms with Gasteiger partial charge in [-0.2, -0.15) is 0 Å². The van der Waals surface area contributed by atoms with Gasteiger partial charge in [-0.3, -0.25) is 4.79 Å². The topological polar surface area (TPSA) is 87.3 Å². The van der Waals surface area contributed by atoms with Crippen molar-refractivity contribution in [2.24, 2.45) is 0 Å². The number of rotatable bonds is 6. The van der Waals surface area contributed by atoms with Crippen LogP contribution in [0.15, 0.2) is 42.5 Å². The van der Waals surface area contributed by atoms with Crippen LogP contribution in [0.25, 0.3) is 5.69 Å². The number of aryl methyl sites for hydroxylation is 2. The number of carbonyl (C=O) groups excluding carboxylic acids is 1. The Morgan fingerprint density at radius 3 is 2.50 bits per heavy atom. The summed E-state index contributed by atoms with van der Waals surface area (Å²) in [6.45, 7) is 4.88. The van der Waals surface area contributed by atoms with Crippen molar-refractivity contribution in [1.82, 2.24) is 9.55 Å². The van der Waals surface area contributed by atoms with E-state index in [9.17, 15) is 19.3 Å². The molecular formula is C20H18FN3O4. The molecule has 3 rings (SSSR count). The van der Waals surface area contributed by atoms with Gasteiger partial charge in [-0.15, -0.1) is 0 Å². The lowest BCUT2D eigenvalue weighted by atomic mass is 10.1. The zero-order valence-corrected chi connectivity index (χ0v) is 15.6. The van der Waals surface area contributed by atoms with Gasteiger partial charge in [0.2, 0.25) is 11.5 Å². The molecule has 0 aliphatic heterocycles. The lowest BCUT2D eigenvalue weighted by Gasteiger charge is -2.10. The molecule has 2 heterocycles. The minimum Gasteiger partial charge on any atom is -0.477 e. The van der Waals surface area contributed by atoms with Crippen molar-refractivity contribution in [3.05, 3.63) is 81.0 Å². The van der Waals surface area contributed by atoms with E-state index in [2.05, 4.69) is 4.98 Å². The number of ether oxygens (including phenoxy) is 1. The van der Waals surface area contributed by atoms with Crippen molar-refractivity contribution >= 4 is 11.6 Å². The highest BCUT2D eigenvalue weighted by atomic mass is 19.1. The fourth-order valence-electron chi connectivity index (χ4n) is 3.03. The predicted octanol–water partition coefficient (Wildman–Crippen LogP) is 4.11.